The van der Waals surface area contributed by atoms with Gasteiger partial charge in [-0.15, -0.1) is 0 Å². The number of rotatable bonds is 5. The lowest BCUT2D eigenvalue weighted by molar-refractivity contribution is -0.148. The molecule has 1 atom stereocenters. The quantitative estimate of drug-likeness (QED) is 0.657. The second kappa shape index (κ2) is 10.6. The number of nitrogens with one attached hydrogen (secondary N) is 1. The van der Waals surface area contributed by atoms with Crippen molar-refractivity contribution in [3.63, 3.8) is 0 Å². The van der Waals surface area contributed by atoms with Gasteiger partial charge in [0.15, 0.2) is 0 Å². The number of carbonyl (C=O) groups is 3. The molecular formula is C22H33N5O4. The molecule has 0 bridgehead atoms. The highest BCUT2D eigenvalue weighted by atomic mass is 16.5. The number of amides is 3. The molecule has 2 aliphatic heterocycles. The number of hydrogen-bond acceptors (Lipinski definition) is 6. The van der Waals surface area contributed by atoms with Gasteiger partial charge in [0, 0.05) is 72.5 Å². The van der Waals surface area contributed by atoms with Crippen LogP contribution in [0.2, 0.25) is 0 Å². The van der Waals surface area contributed by atoms with Crippen LogP contribution in [0.4, 0.5) is 5.69 Å². The molecule has 2 saturated heterocycles. The van der Waals surface area contributed by atoms with Crippen molar-refractivity contribution in [2.24, 2.45) is 0 Å². The molecule has 0 saturated carbocycles. The maximum Gasteiger partial charge on any atom is 0.312 e. The van der Waals surface area contributed by atoms with Gasteiger partial charge in [0.25, 0.3) is 0 Å². The fourth-order valence-corrected chi connectivity index (χ4v) is 3.97. The zero-order valence-corrected chi connectivity index (χ0v) is 18.7. The van der Waals surface area contributed by atoms with Crippen LogP contribution in [-0.4, -0.2) is 106 Å². The molecule has 3 rings (SSSR count). The molecule has 0 aromatic heterocycles. The predicted octanol–water partition coefficient (Wildman–Crippen LogP) is -0.0672. The Morgan fingerprint density at radius 2 is 1.55 bits per heavy atom. The first-order chi connectivity index (χ1) is 14.9. The van der Waals surface area contributed by atoms with E-state index in [2.05, 4.69) is 34.5 Å². The van der Waals surface area contributed by atoms with Crippen molar-refractivity contribution in [1.82, 2.24) is 20.0 Å². The number of benzene rings is 1. The van der Waals surface area contributed by atoms with Gasteiger partial charge in [-0.05, 0) is 17.7 Å². The first-order valence-corrected chi connectivity index (χ1v) is 10.8. The van der Waals surface area contributed by atoms with E-state index < -0.39 is 11.8 Å². The molecule has 0 radical (unpaired) electrons. The molecule has 9 heteroatoms. The number of carbonyl (C=O) groups excluding carboxylic acids is 3. The largest absolute Gasteiger partial charge is 0.379 e. The van der Waals surface area contributed by atoms with E-state index in [1.54, 1.807) is 4.90 Å². The maximum absolute atomic E-state index is 12.6. The first-order valence-electron chi connectivity index (χ1n) is 10.8. The van der Waals surface area contributed by atoms with Gasteiger partial charge >= 0.3 is 11.8 Å². The summed E-state index contributed by atoms with van der Waals surface area (Å²) in [6.07, 6.45) is 0. The summed E-state index contributed by atoms with van der Waals surface area (Å²) in [5, 5.41) is 2.84. The van der Waals surface area contributed by atoms with Crippen LogP contribution >= 0.6 is 0 Å². The van der Waals surface area contributed by atoms with E-state index in [1.165, 1.54) is 11.8 Å². The first kappa shape index (κ1) is 23.0. The topological polar surface area (TPSA) is 85.4 Å². The summed E-state index contributed by atoms with van der Waals surface area (Å²) in [6, 6.07) is 8.23. The van der Waals surface area contributed by atoms with Gasteiger partial charge in [0.1, 0.15) is 0 Å². The highest BCUT2D eigenvalue weighted by molar-refractivity contribution is 6.35. The van der Waals surface area contributed by atoms with Crippen molar-refractivity contribution in [2.75, 3.05) is 78.0 Å². The van der Waals surface area contributed by atoms with E-state index in [0.717, 1.165) is 24.3 Å². The van der Waals surface area contributed by atoms with Crippen LogP contribution in [0.15, 0.2) is 24.3 Å². The minimum absolute atomic E-state index is 0.00908. The van der Waals surface area contributed by atoms with Crippen molar-refractivity contribution in [2.45, 2.75) is 13.0 Å². The normalized spacial score (nSPS) is 18.4. The number of ether oxygens (including phenoxy) is 1. The Hall–Kier alpha value is -2.65. The molecule has 1 aromatic carbocycles. The molecular weight excluding hydrogens is 398 g/mol. The summed E-state index contributed by atoms with van der Waals surface area (Å²) in [5.74, 6) is -1.14. The van der Waals surface area contributed by atoms with Crippen LogP contribution in [0.5, 0.6) is 0 Å². The van der Waals surface area contributed by atoms with Crippen molar-refractivity contribution in [3.8, 4) is 0 Å². The smallest absolute Gasteiger partial charge is 0.312 e. The van der Waals surface area contributed by atoms with Crippen LogP contribution in [-0.2, 0) is 19.1 Å². The lowest BCUT2D eigenvalue weighted by Crippen LogP contribution is -2.54. The number of hydrogen-bond donors (Lipinski definition) is 1. The average Bonchev–Trinajstić information content (AvgIpc) is 2.79. The van der Waals surface area contributed by atoms with Crippen LogP contribution in [0.1, 0.15) is 18.5 Å². The summed E-state index contributed by atoms with van der Waals surface area (Å²) in [4.78, 5) is 44.2. The molecule has 9 nitrogen and oxygen atoms in total. The number of piperazine rings is 1. The summed E-state index contributed by atoms with van der Waals surface area (Å²) < 4.78 is 5.48. The van der Waals surface area contributed by atoms with E-state index in [0.29, 0.717) is 45.9 Å². The third-order valence-corrected chi connectivity index (χ3v) is 5.94. The van der Waals surface area contributed by atoms with Crippen molar-refractivity contribution >= 4 is 23.4 Å². The third kappa shape index (κ3) is 5.95. The molecule has 0 aliphatic carbocycles. The average molecular weight is 432 g/mol. The summed E-state index contributed by atoms with van der Waals surface area (Å²) >= 11 is 0. The Bertz CT molecular complexity index is 769. The van der Waals surface area contributed by atoms with Gasteiger partial charge < -0.3 is 24.8 Å². The third-order valence-electron chi connectivity index (χ3n) is 5.94. The molecule has 1 unspecified atom stereocenters. The van der Waals surface area contributed by atoms with Gasteiger partial charge in [-0.2, -0.15) is 0 Å². The molecule has 1 N–H and O–H groups in total. The molecule has 170 valence electrons. The van der Waals surface area contributed by atoms with Gasteiger partial charge in [0.2, 0.25) is 5.91 Å². The molecule has 0 spiro atoms. The van der Waals surface area contributed by atoms with Crippen molar-refractivity contribution in [1.29, 1.82) is 0 Å². The van der Waals surface area contributed by atoms with Crippen LogP contribution in [0, 0.1) is 0 Å². The van der Waals surface area contributed by atoms with E-state index in [-0.39, 0.29) is 11.9 Å². The Morgan fingerprint density at radius 1 is 0.968 bits per heavy atom. The maximum atomic E-state index is 12.6. The van der Waals surface area contributed by atoms with Gasteiger partial charge in [0.05, 0.1) is 19.3 Å². The minimum atomic E-state index is -0.598. The second-order valence-corrected chi connectivity index (χ2v) is 8.16. The van der Waals surface area contributed by atoms with Crippen LogP contribution in [0.25, 0.3) is 0 Å². The number of morpholine rings is 1. The highest BCUT2D eigenvalue weighted by Gasteiger charge is 2.29. The fourth-order valence-electron chi connectivity index (χ4n) is 3.97. The molecule has 3 amide bonds. The Morgan fingerprint density at radius 3 is 2.10 bits per heavy atom. The van der Waals surface area contributed by atoms with Crippen molar-refractivity contribution in [3.05, 3.63) is 29.8 Å². The minimum Gasteiger partial charge on any atom is -0.379 e. The monoisotopic (exact) mass is 431 g/mol. The predicted molar refractivity (Wildman–Crippen MR) is 118 cm³/mol. The van der Waals surface area contributed by atoms with Gasteiger partial charge in [-0.3, -0.25) is 19.3 Å². The van der Waals surface area contributed by atoms with Gasteiger partial charge in [-0.1, -0.05) is 12.1 Å². The zero-order valence-electron chi connectivity index (χ0n) is 18.7. The lowest BCUT2D eigenvalue weighted by atomic mass is 10.0. The van der Waals surface area contributed by atoms with Crippen LogP contribution in [0.3, 0.4) is 0 Å². The number of nitrogens with zero attached hydrogens (tertiary/aromatic N) is 4. The molecule has 2 heterocycles. The lowest BCUT2D eigenvalue weighted by Gasteiger charge is -2.36. The van der Waals surface area contributed by atoms with E-state index in [1.807, 2.05) is 19.0 Å². The standard InChI is InChI=1S/C22H33N5O4/c1-17(28)25-8-10-27(11-9-25)22(30)21(29)23-16-20(26-12-14-31-15-13-26)18-4-6-19(7-5-18)24(2)3/h4-7,20H,8-16H2,1-3H3,(H,23,29). The summed E-state index contributed by atoms with van der Waals surface area (Å²) in [5.41, 5.74) is 2.20. The molecule has 2 aliphatic rings. The van der Waals surface area contributed by atoms with Crippen molar-refractivity contribution < 1.29 is 19.1 Å². The summed E-state index contributed by atoms with van der Waals surface area (Å²) in [7, 11) is 3.99. The fraction of sp³-hybridized carbons (Fsp3) is 0.591. The molecule has 31 heavy (non-hydrogen) atoms. The Kier molecular flexibility index (Phi) is 7.86. The second-order valence-electron chi connectivity index (χ2n) is 8.16. The number of anilines is 1. The van der Waals surface area contributed by atoms with E-state index in [4.69, 9.17) is 4.74 Å². The van der Waals surface area contributed by atoms with Crippen LogP contribution < -0.4 is 10.2 Å². The Labute approximate surface area is 183 Å². The van der Waals surface area contributed by atoms with Gasteiger partial charge in [-0.25, -0.2) is 0 Å². The highest BCUT2D eigenvalue weighted by Crippen LogP contribution is 2.23. The Balaban J connectivity index is 1.62. The molecule has 1 aromatic rings. The zero-order chi connectivity index (χ0) is 22.4. The SMILES string of the molecule is CC(=O)N1CCN(C(=O)C(=O)NCC(c2ccc(N(C)C)cc2)N2CCOCC2)CC1. The van der Waals surface area contributed by atoms with E-state index >= 15 is 0 Å². The summed E-state index contributed by atoms with van der Waals surface area (Å²) in [6.45, 7) is 6.40. The van der Waals surface area contributed by atoms with E-state index in [9.17, 15) is 14.4 Å². The molecule has 2 fully saturated rings.